The molecule has 118 valence electrons. The van der Waals surface area contributed by atoms with Crippen LogP contribution in [0.4, 0.5) is 0 Å². The summed E-state index contributed by atoms with van der Waals surface area (Å²) in [6.45, 7) is 4.12. The Labute approximate surface area is 122 Å². The molecule has 20 heavy (non-hydrogen) atoms. The molecule has 0 aliphatic heterocycles. The second-order valence-corrected chi connectivity index (χ2v) is 5.37. The molecule has 3 N–H and O–H groups in total. The summed E-state index contributed by atoms with van der Waals surface area (Å²) in [4.78, 5) is 13.7. The fraction of sp³-hybridized carbons (Fsp3) is 0.929. The third kappa shape index (κ3) is 7.79. The van der Waals surface area contributed by atoms with E-state index in [2.05, 4.69) is 10.2 Å². The van der Waals surface area contributed by atoms with E-state index in [-0.39, 0.29) is 11.9 Å². The van der Waals surface area contributed by atoms with Crippen molar-refractivity contribution in [1.82, 2.24) is 10.2 Å². The van der Waals surface area contributed by atoms with Gasteiger partial charge in [-0.25, -0.2) is 0 Å². The van der Waals surface area contributed by atoms with E-state index in [1.165, 1.54) is 0 Å². The van der Waals surface area contributed by atoms with Crippen molar-refractivity contribution >= 4 is 5.91 Å². The van der Waals surface area contributed by atoms with Gasteiger partial charge in [-0.05, 0) is 25.7 Å². The SMILES string of the molecule is COCCCN(CCOC)CCC(NC1CC1)C(N)=O. The smallest absolute Gasteiger partial charge is 0.234 e. The van der Waals surface area contributed by atoms with Crippen molar-refractivity contribution < 1.29 is 14.3 Å². The monoisotopic (exact) mass is 287 g/mol. The first-order valence-electron chi connectivity index (χ1n) is 7.43. The summed E-state index contributed by atoms with van der Waals surface area (Å²) >= 11 is 0. The maximum absolute atomic E-state index is 11.4. The molecule has 6 nitrogen and oxygen atoms in total. The number of methoxy groups -OCH3 is 2. The molecule has 1 saturated carbocycles. The van der Waals surface area contributed by atoms with E-state index in [0.29, 0.717) is 12.6 Å². The van der Waals surface area contributed by atoms with Crippen LogP contribution in [0.3, 0.4) is 0 Å². The topological polar surface area (TPSA) is 76.8 Å². The van der Waals surface area contributed by atoms with Crippen molar-refractivity contribution in [1.29, 1.82) is 0 Å². The molecule has 1 aliphatic rings. The summed E-state index contributed by atoms with van der Waals surface area (Å²) in [5.41, 5.74) is 5.46. The van der Waals surface area contributed by atoms with E-state index in [1.807, 2.05) is 0 Å². The average molecular weight is 287 g/mol. The van der Waals surface area contributed by atoms with Gasteiger partial charge >= 0.3 is 0 Å². The van der Waals surface area contributed by atoms with E-state index in [4.69, 9.17) is 15.2 Å². The highest BCUT2D eigenvalue weighted by Crippen LogP contribution is 2.20. The van der Waals surface area contributed by atoms with Crippen LogP contribution in [0.25, 0.3) is 0 Å². The van der Waals surface area contributed by atoms with E-state index < -0.39 is 0 Å². The number of hydrogen-bond acceptors (Lipinski definition) is 5. The van der Waals surface area contributed by atoms with Gasteiger partial charge in [0.15, 0.2) is 0 Å². The number of primary amides is 1. The highest BCUT2D eigenvalue weighted by molar-refractivity contribution is 5.79. The van der Waals surface area contributed by atoms with Crippen LogP contribution >= 0.6 is 0 Å². The lowest BCUT2D eigenvalue weighted by Gasteiger charge is -2.24. The van der Waals surface area contributed by atoms with Crippen LogP contribution < -0.4 is 11.1 Å². The highest BCUT2D eigenvalue weighted by atomic mass is 16.5. The van der Waals surface area contributed by atoms with E-state index >= 15 is 0 Å². The van der Waals surface area contributed by atoms with Crippen LogP contribution in [0.15, 0.2) is 0 Å². The number of nitrogens with one attached hydrogen (secondary N) is 1. The molecule has 0 heterocycles. The highest BCUT2D eigenvalue weighted by Gasteiger charge is 2.27. The van der Waals surface area contributed by atoms with Crippen molar-refractivity contribution in [3.63, 3.8) is 0 Å². The van der Waals surface area contributed by atoms with Gasteiger partial charge in [-0.15, -0.1) is 0 Å². The van der Waals surface area contributed by atoms with Crippen molar-refractivity contribution in [3.8, 4) is 0 Å². The zero-order valence-corrected chi connectivity index (χ0v) is 12.8. The first-order chi connectivity index (χ1) is 9.67. The lowest BCUT2D eigenvalue weighted by Crippen LogP contribution is -2.45. The van der Waals surface area contributed by atoms with Crippen LogP contribution in [0, 0.1) is 0 Å². The lowest BCUT2D eigenvalue weighted by molar-refractivity contribution is -0.120. The molecule has 0 aromatic heterocycles. The quantitative estimate of drug-likeness (QED) is 0.465. The Morgan fingerprint density at radius 3 is 2.50 bits per heavy atom. The molecule has 0 radical (unpaired) electrons. The zero-order valence-electron chi connectivity index (χ0n) is 12.8. The van der Waals surface area contributed by atoms with Gasteiger partial charge in [0.05, 0.1) is 12.6 Å². The normalized spacial score (nSPS) is 16.6. The van der Waals surface area contributed by atoms with Crippen molar-refractivity contribution in [3.05, 3.63) is 0 Å². The van der Waals surface area contributed by atoms with Gasteiger partial charge in [-0.3, -0.25) is 4.79 Å². The fourth-order valence-electron chi connectivity index (χ4n) is 2.14. The molecule has 0 bridgehead atoms. The Bertz CT molecular complexity index is 272. The minimum Gasteiger partial charge on any atom is -0.385 e. The van der Waals surface area contributed by atoms with Gasteiger partial charge in [0.25, 0.3) is 0 Å². The van der Waals surface area contributed by atoms with Crippen LogP contribution in [-0.4, -0.2) is 70.0 Å². The largest absolute Gasteiger partial charge is 0.385 e. The molecule has 1 amide bonds. The van der Waals surface area contributed by atoms with Crippen LogP contribution in [0.1, 0.15) is 25.7 Å². The van der Waals surface area contributed by atoms with Crippen molar-refractivity contribution in [2.75, 3.05) is 47.1 Å². The summed E-state index contributed by atoms with van der Waals surface area (Å²) in [5.74, 6) is -0.250. The van der Waals surface area contributed by atoms with Gasteiger partial charge in [-0.2, -0.15) is 0 Å². The third-order valence-electron chi connectivity index (χ3n) is 3.53. The van der Waals surface area contributed by atoms with E-state index in [1.54, 1.807) is 14.2 Å². The summed E-state index contributed by atoms with van der Waals surface area (Å²) in [6, 6.07) is 0.281. The number of ether oxygens (including phenoxy) is 2. The fourth-order valence-corrected chi connectivity index (χ4v) is 2.14. The Morgan fingerprint density at radius 2 is 1.95 bits per heavy atom. The first-order valence-corrected chi connectivity index (χ1v) is 7.43. The van der Waals surface area contributed by atoms with Gasteiger partial charge in [0, 0.05) is 46.5 Å². The Balaban J connectivity index is 2.30. The van der Waals surface area contributed by atoms with E-state index in [0.717, 1.165) is 51.9 Å². The Kier molecular flexibility index (Phi) is 8.77. The van der Waals surface area contributed by atoms with Gasteiger partial charge < -0.3 is 25.4 Å². The number of amides is 1. The Morgan fingerprint density at radius 1 is 1.25 bits per heavy atom. The predicted octanol–water partition coefficient (Wildman–Crippen LogP) is -0.0327. The molecule has 1 unspecified atom stereocenters. The maximum Gasteiger partial charge on any atom is 0.234 e. The second-order valence-electron chi connectivity index (χ2n) is 5.37. The number of carbonyl (C=O) groups excluding carboxylic acids is 1. The summed E-state index contributed by atoms with van der Waals surface area (Å²) in [5, 5.41) is 3.31. The van der Waals surface area contributed by atoms with Crippen LogP contribution in [0.2, 0.25) is 0 Å². The molecule has 0 saturated heterocycles. The first kappa shape index (κ1) is 17.4. The zero-order chi connectivity index (χ0) is 14.8. The number of carbonyl (C=O) groups is 1. The molecule has 0 aromatic carbocycles. The molecule has 1 aliphatic carbocycles. The van der Waals surface area contributed by atoms with Crippen LogP contribution in [0.5, 0.6) is 0 Å². The van der Waals surface area contributed by atoms with Gasteiger partial charge in [0.1, 0.15) is 0 Å². The molecule has 0 aromatic rings. The van der Waals surface area contributed by atoms with Gasteiger partial charge in [-0.1, -0.05) is 0 Å². The minimum atomic E-state index is -0.250. The molecule has 6 heteroatoms. The summed E-state index contributed by atoms with van der Waals surface area (Å²) in [7, 11) is 3.41. The average Bonchev–Trinajstić information content (AvgIpc) is 3.23. The standard InChI is InChI=1S/C14H29N3O3/c1-19-10-3-7-17(9-11-20-2)8-6-13(14(15)18)16-12-4-5-12/h12-13,16H,3-11H2,1-2H3,(H2,15,18). The van der Waals surface area contributed by atoms with E-state index in [9.17, 15) is 4.79 Å². The van der Waals surface area contributed by atoms with Crippen molar-refractivity contribution in [2.24, 2.45) is 5.73 Å². The molecular formula is C14H29N3O3. The minimum absolute atomic E-state index is 0.213. The molecular weight excluding hydrogens is 258 g/mol. The lowest BCUT2D eigenvalue weighted by atomic mass is 10.1. The number of nitrogens with zero attached hydrogens (tertiary/aromatic N) is 1. The Hall–Kier alpha value is -0.690. The molecule has 0 spiro atoms. The number of rotatable bonds is 13. The number of hydrogen-bond donors (Lipinski definition) is 2. The second kappa shape index (κ2) is 10.1. The molecule has 1 fully saturated rings. The summed E-state index contributed by atoms with van der Waals surface area (Å²) in [6.07, 6.45) is 4.05. The van der Waals surface area contributed by atoms with Crippen molar-refractivity contribution in [2.45, 2.75) is 37.8 Å². The third-order valence-corrected chi connectivity index (χ3v) is 3.53. The molecule has 1 rings (SSSR count). The van der Waals surface area contributed by atoms with Gasteiger partial charge in [0.2, 0.25) is 5.91 Å². The van der Waals surface area contributed by atoms with Crippen LogP contribution in [-0.2, 0) is 14.3 Å². The molecule has 1 atom stereocenters. The predicted molar refractivity (Wildman–Crippen MR) is 78.6 cm³/mol. The number of nitrogens with two attached hydrogens (primary N) is 1. The maximum atomic E-state index is 11.4. The summed E-state index contributed by atoms with van der Waals surface area (Å²) < 4.78 is 10.2.